The Hall–Kier alpha value is -5.95. The molecule has 2 nitrogen and oxygen atoms in total. The Morgan fingerprint density at radius 2 is 1.10 bits per heavy atom. The van der Waals surface area contributed by atoms with Crippen LogP contribution >= 0.6 is 7.14 Å². The van der Waals surface area contributed by atoms with Crippen molar-refractivity contribution in [1.82, 2.24) is 4.57 Å². The zero-order valence-electron chi connectivity index (χ0n) is 29.0. The standard InChI is InChI=1S/C49H34NOP/c1-49(2)42-21-11-8-17-35(42)36-25-24-31(28-43(36)49)33-26-27-45(37-18-7-6-16-34(33)37)50-44-22-12-9-19-38(44)40-30-48-41(29-46(40)50)39-20-10-13-23-47(39)52(48,51)32-14-4-3-5-15-32/h3-30H,1-2H3. The van der Waals surface area contributed by atoms with Crippen LogP contribution in [0.2, 0.25) is 0 Å². The lowest BCUT2D eigenvalue weighted by atomic mass is 9.81. The van der Waals surface area contributed by atoms with Crippen LogP contribution in [0.5, 0.6) is 0 Å². The molecule has 1 unspecified atom stereocenters. The summed E-state index contributed by atoms with van der Waals surface area (Å²) in [6, 6.07) is 60.8. The topological polar surface area (TPSA) is 22.0 Å². The molecule has 9 aromatic rings. The third-order valence-corrected chi connectivity index (χ3v) is 15.0. The minimum Gasteiger partial charge on any atom is -0.309 e. The summed E-state index contributed by atoms with van der Waals surface area (Å²) < 4.78 is 17.9. The zero-order chi connectivity index (χ0) is 34.8. The molecule has 0 spiro atoms. The van der Waals surface area contributed by atoms with Crippen LogP contribution in [-0.2, 0) is 9.98 Å². The molecule has 0 saturated carbocycles. The number of rotatable bonds is 3. The van der Waals surface area contributed by atoms with E-state index < -0.39 is 7.14 Å². The second-order valence-electron chi connectivity index (χ2n) is 14.8. The summed E-state index contributed by atoms with van der Waals surface area (Å²) in [5.41, 5.74) is 13.4. The van der Waals surface area contributed by atoms with Crippen molar-refractivity contribution in [2.24, 2.45) is 0 Å². The van der Waals surface area contributed by atoms with Crippen molar-refractivity contribution in [1.29, 1.82) is 0 Å². The highest BCUT2D eigenvalue weighted by atomic mass is 31.2. The maximum absolute atomic E-state index is 15.4. The first kappa shape index (κ1) is 29.7. The third-order valence-electron chi connectivity index (χ3n) is 11.8. The number of hydrogen-bond acceptors (Lipinski definition) is 1. The van der Waals surface area contributed by atoms with E-state index >= 15 is 4.57 Å². The van der Waals surface area contributed by atoms with Crippen molar-refractivity contribution in [3.63, 3.8) is 0 Å². The normalized spacial score (nSPS) is 16.6. The van der Waals surface area contributed by atoms with Crippen LogP contribution in [0.3, 0.4) is 0 Å². The molecule has 0 N–H and O–H groups in total. The summed E-state index contributed by atoms with van der Waals surface area (Å²) in [5, 5.41) is 7.43. The first-order chi connectivity index (χ1) is 25.4. The zero-order valence-corrected chi connectivity index (χ0v) is 29.9. The van der Waals surface area contributed by atoms with Gasteiger partial charge in [0.2, 0.25) is 0 Å². The number of nitrogens with zero attached hydrogens (tertiary/aromatic N) is 1. The quantitative estimate of drug-likeness (QED) is 0.170. The molecule has 11 rings (SSSR count). The van der Waals surface area contributed by atoms with E-state index in [1.165, 1.54) is 44.2 Å². The van der Waals surface area contributed by atoms with Gasteiger partial charge in [-0.3, -0.25) is 0 Å². The van der Waals surface area contributed by atoms with Crippen molar-refractivity contribution in [3.05, 3.63) is 181 Å². The minimum absolute atomic E-state index is 0.0655. The number of para-hydroxylation sites is 1. The van der Waals surface area contributed by atoms with Gasteiger partial charge >= 0.3 is 0 Å². The molecule has 1 aliphatic carbocycles. The summed E-state index contributed by atoms with van der Waals surface area (Å²) in [4.78, 5) is 0. The van der Waals surface area contributed by atoms with Crippen molar-refractivity contribution < 1.29 is 4.57 Å². The molecule has 2 heterocycles. The van der Waals surface area contributed by atoms with Crippen LogP contribution in [0, 0.1) is 0 Å². The third kappa shape index (κ3) is 3.83. The van der Waals surface area contributed by atoms with E-state index in [-0.39, 0.29) is 5.41 Å². The highest BCUT2D eigenvalue weighted by Gasteiger charge is 2.41. The maximum Gasteiger partial charge on any atom is 0.172 e. The summed E-state index contributed by atoms with van der Waals surface area (Å²) in [6.07, 6.45) is 0. The van der Waals surface area contributed by atoms with E-state index in [2.05, 4.69) is 152 Å². The molecule has 0 fully saturated rings. The summed E-state index contributed by atoms with van der Waals surface area (Å²) in [7, 11) is -3.07. The highest BCUT2D eigenvalue weighted by Crippen LogP contribution is 2.54. The molecule has 246 valence electrons. The van der Waals surface area contributed by atoms with Crippen LogP contribution in [0.15, 0.2) is 170 Å². The largest absolute Gasteiger partial charge is 0.309 e. The molecule has 8 aromatic carbocycles. The van der Waals surface area contributed by atoms with Crippen LogP contribution in [0.25, 0.3) is 71.6 Å². The fraction of sp³-hybridized carbons (Fsp3) is 0.0612. The Morgan fingerprint density at radius 3 is 1.94 bits per heavy atom. The van der Waals surface area contributed by atoms with Crippen LogP contribution in [0.1, 0.15) is 25.0 Å². The molecule has 2 aliphatic rings. The van der Waals surface area contributed by atoms with Crippen molar-refractivity contribution in [3.8, 4) is 39.1 Å². The first-order valence-electron chi connectivity index (χ1n) is 18.0. The van der Waals surface area contributed by atoms with E-state index in [0.717, 1.165) is 54.5 Å². The summed E-state index contributed by atoms with van der Waals surface area (Å²) in [5.74, 6) is 0. The minimum atomic E-state index is -3.07. The Bertz CT molecular complexity index is 3020. The van der Waals surface area contributed by atoms with Gasteiger partial charge in [-0.25, -0.2) is 0 Å². The molecular weight excluding hydrogens is 650 g/mol. The van der Waals surface area contributed by atoms with Gasteiger partial charge in [0, 0.05) is 37.5 Å². The lowest BCUT2D eigenvalue weighted by Gasteiger charge is -2.22. The SMILES string of the molecule is CC1(C)c2ccccc2-c2ccc(-c3ccc(-n4c5ccccc5c5cc6c(cc54)-c4ccccc4P6(=O)c4ccccc4)c4ccccc34)cc21. The van der Waals surface area contributed by atoms with E-state index in [4.69, 9.17) is 0 Å². The van der Waals surface area contributed by atoms with Gasteiger partial charge in [0.15, 0.2) is 7.14 Å². The molecule has 0 saturated heterocycles. The lowest BCUT2D eigenvalue weighted by Crippen LogP contribution is -2.20. The Labute approximate surface area is 303 Å². The predicted molar refractivity (Wildman–Crippen MR) is 220 cm³/mol. The molecule has 0 radical (unpaired) electrons. The summed E-state index contributed by atoms with van der Waals surface area (Å²) in [6.45, 7) is 4.69. The van der Waals surface area contributed by atoms with Crippen molar-refractivity contribution in [2.75, 3.05) is 0 Å². The molecule has 52 heavy (non-hydrogen) atoms. The smallest absolute Gasteiger partial charge is 0.172 e. The molecule has 3 heteroatoms. The van der Waals surface area contributed by atoms with Crippen LogP contribution in [-0.4, -0.2) is 4.57 Å². The van der Waals surface area contributed by atoms with Crippen molar-refractivity contribution >= 4 is 55.6 Å². The molecule has 1 atom stereocenters. The number of fused-ring (bicyclic) bond motifs is 10. The van der Waals surface area contributed by atoms with E-state index in [1.807, 2.05) is 36.4 Å². The molecule has 1 aliphatic heterocycles. The predicted octanol–water partition coefficient (Wildman–Crippen LogP) is 11.5. The van der Waals surface area contributed by atoms with Gasteiger partial charge in [-0.1, -0.05) is 153 Å². The van der Waals surface area contributed by atoms with Gasteiger partial charge in [0.25, 0.3) is 0 Å². The average molecular weight is 684 g/mol. The number of aromatic nitrogens is 1. The maximum atomic E-state index is 15.4. The lowest BCUT2D eigenvalue weighted by molar-refractivity contribution is 0.593. The van der Waals surface area contributed by atoms with E-state index in [9.17, 15) is 0 Å². The summed E-state index contributed by atoms with van der Waals surface area (Å²) >= 11 is 0. The molecule has 0 amide bonds. The Morgan fingerprint density at radius 1 is 0.442 bits per heavy atom. The van der Waals surface area contributed by atoms with Crippen LogP contribution < -0.4 is 15.9 Å². The highest BCUT2D eigenvalue weighted by molar-refractivity contribution is 7.86. The van der Waals surface area contributed by atoms with Gasteiger partial charge in [-0.15, -0.1) is 0 Å². The monoisotopic (exact) mass is 683 g/mol. The number of hydrogen-bond donors (Lipinski definition) is 0. The van der Waals surface area contributed by atoms with E-state index in [0.29, 0.717) is 0 Å². The van der Waals surface area contributed by atoms with Gasteiger partial charge in [-0.2, -0.15) is 0 Å². The van der Waals surface area contributed by atoms with Crippen LogP contribution in [0.4, 0.5) is 0 Å². The van der Waals surface area contributed by atoms with Gasteiger partial charge in [-0.05, 0) is 80.2 Å². The molecule has 1 aromatic heterocycles. The fourth-order valence-corrected chi connectivity index (χ4v) is 12.4. The second kappa shape index (κ2) is 10.5. The van der Waals surface area contributed by atoms with Crippen molar-refractivity contribution in [2.45, 2.75) is 19.3 Å². The molecule has 0 bridgehead atoms. The van der Waals surface area contributed by atoms with E-state index in [1.54, 1.807) is 0 Å². The van der Waals surface area contributed by atoms with Gasteiger partial charge in [0.05, 0.1) is 16.7 Å². The fourth-order valence-electron chi connectivity index (χ4n) is 9.36. The second-order valence-corrected chi connectivity index (χ2v) is 17.5. The Kier molecular flexibility index (Phi) is 6.03. The first-order valence-corrected chi connectivity index (χ1v) is 19.8. The van der Waals surface area contributed by atoms with Gasteiger partial charge < -0.3 is 9.13 Å². The molecular formula is C49H34NOP. The average Bonchev–Trinajstić information content (AvgIpc) is 3.74. The number of benzene rings is 8. The Balaban J connectivity index is 1.16. The van der Waals surface area contributed by atoms with Gasteiger partial charge in [0.1, 0.15) is 0 Å².